The number of carbonyl (C=O) groups excluding carboxylic acids is 3. The van der Waals surface area contributed by atoms with Crippen LogP contribution in [-0.4, -0.2) is 58.5 Å². The Balaban J connectivity index is 3.55. The van der Waals surface area contributed by atoms with Gasteiger partial charge in [-0.1, -0.05) is 51.0 Å². The fourth-order valence-corrected chi connectivity index (χ4v) is 4.50. The van der Waals surface area contributed by atoms with Crippen molar-refractivity contribution in [3.63, 3.8) is 0 Å². The molecule has 0 saturated heterocycles. The molecule has 7 nitrogen and oxygen atoms in total. The van der Waals surface area contributed by atoms with Gasteiger partial charge in [-0.3, -0.25) is 9.59 Å². The third kappa shape index (κ3) is 10.6. The van der Waals surface area contributed by atoms with Gasteiger partial charge in [-0.2, -0.15) is 11.8 Å². The molecule has 0 bridgehead atoms. The molecule has 0 aliphatic carbocycles. The third-order valence-corrected chi connectivity index (χ3v) is 7.07. The Kier molecular flexibility index (Phi) is 13.5. The Labute approximate surface area is 228 Å². The lowest BCUT2D eigenvalue weighted by Crippen LogP contribution is -2.59. The number of hydrogen-bond donors (Lipinski definition) is 2. The van der Waals surface area contributed by atoms with Gasteiger partial charge in [-0.15, -0.1) is 0 Å². The summed E-state index contributed by atoms with van der Waals surface area (Å²) in [5.74, 6) is 0.176. The highest BCUT2D eigenvalue weighted by atomic mass is 32.2. The highest BCUT2D eigenvalue weighted by Crippen LogP contribution is 2.34. The van der Waals surface area contributed by atoms with Crippen LogP contribution in [0.25, 0.3) is 0 Å². The lowest BCUT2D eigenvalue weighted by Gasteiger charge is -2.45. The van der Waals surface area contributed by atoms with Gasteiger partial charge in [-0.25, -0.2) is 4.79 Å². The summed E-state index contributed by atoms with van der Waals surface area (Å²) in [6.07, 6.45) is 5.33. The number of rotatable bonds is 14. The molecule has 1 aromatic carbocycles. The minimum absolute atomic E-state index is 0.207. The van der Waals surface area contributed by atoms with Crippen LogP contribution in [0.4, 0.5) is 4.79 Å². The molecular formula is C29H49N3O4S. The molecule has 2 atom stereocenters. The fraction of sp³-hybridized carbons (Fsp3) is 0.690. The molecule has 0 spiro atoms. The maximum absolute atomic E-state index is 14.3. The van der Waals surface area contributed by atoms with Crippen molar-refractivity contribution in [2.75, 3.05) is 18.6 Å². The van der Waals surface area contributed by atoms with E-state index in [9.17, 15) is 14.4 Å². The van der Waals surface area contributed by atoms with E-state index in [1.807, 2.05) is 58.2 Å². The van der Waals surface area contributed by atoms with Crippen molar-refractivity contribution in [3.05, 3.63) is 35.4 Å². The number of nitrogens with one attached hydrogen (secondary N) is 2. The van der Waals surface area contributed by atoms with E-state index in [2.05, 4.69) is 17.6 Å². The predicted molar refractivity (Wildman–Crippen MR) is 154 cm³/mol. The number of thioether (sulfide) groups is 1. The van der Waals surface area contributed by atoms with Crippen LogP contribution in [0.5, 0.6) is 0 Å². The normalized spacial score (nSPS) is 13.4. The zero-order chi connectivity index (χ0) is 28.2. The SMILES string of the molecule is CCCCCNC(=O)C(c1ccccc1C)N(C(=O)C(CCSC)NC(=O)OC(C)(C)C)C(C)(C)CC. The lowest BCUT2D eigenvalue weighted by molar-refractivity contribution is -0.149. The highest BCUT2D eigenvalue weighted by molar-refractivity contribution is 7.98. The van der Waals surface area contributed by atoms with Gasteiger partial charge in [0.1, 0.15) is 17.7 Å². The van der Waals surface area contributed by atoms with Gasteiger partial charge >= 0.3 is 6.09 Å². The Morgan fingerprint density at radius 2 is 1.70 bits per heavy atom. The molecule has 0 aliphatic rings. The molecule has 3 amide bonds. The van der Waals surface area contributed by atoms with Crippen molar-refractivity contribution < 1.29 is 19.1 Å². The van der Waals surface area contributed by atoms with Crippen molar-refractivity contribution in [3.8, 4) is 0 Å². The molecule has 2 N–H and O–H groups in total. The zero-order valence-corrected chi connectivity index (χ0v) is 25.2. The molecule has 2 unspecified atom stereocenters. The Hall–Kier alpha value is -2.22. The van der Waals surface area contributed by atoms with Crippen molar-refractivity contribution in [1.29, 1.82) is 0 Å². The molecule has 0 aromatic heterocycles. The first-order valence-electron chi connectivity index (χ1n) is 13.4. The number of amides is 3. The van der Waals surface area contributed by atoms with E-state index in [1.54, 1.807) is 37.4 Å². The lowest BCUT2D eigenvalue weighted by atomic mass is 9.90. The van der Waals surface area contributed by atoms with E-state index < -0.39 is 29.3 Å². The van der Waals surface area contributed by atoms with Crippen LogP contribution in [0, 0.1) is 6.92 Å². The number of carbonyl (C=O) groups is 3. The molecule has 0 aliphatic heterocycles. The summed E-state index contributed by atoms with van der Waals surface area (Å²) in [7, 11) is 0. The summed E-state index contributed by atoms with van der Waals surface area (Å²) in [4.78, 5) is 42.5. The number of hydrogen-bond acceptors (Lipinski definition) is 5. The zero-order valence-electron chi connectivity index (χ0n) is 24.4. The summed E-state index contributed by atoms with van der Waals surface area (Å²) in [5, 5.41) is 5.89. The van der Waals surface area contributed by atoms with E-state index >= 15 is 0 Å². The molecule has 0 radical (unpaired) electrons. The van der Waals surface area contributed by atoms with Crippen molar-refractivity contribution in [2.45, 2.75) is 111 Å². The van der Waals surface area contributed by atoms with Crippen LogP contribution in [0.15, 0.2) is 24.3 Å². The molecule has 1 rings (SSSR count). The van der Waals surface area contributed by atoms with Gasteiger partial charge in [0.25, 0.3) is 0 Å². The summed E-state index contributed by atoms with van der Waals surface area (Å²) in [6, 6.07) is 6.03. The number of nitrogens with zero attached hydrogens (tertiary/aromatic N) is 1. The van der Waals surface area contributed by atoms with E-state index in [-0.39, 0.29) is 11.8 Å². The predicted octanol–water partition coefficient (Wildman–Crippen LogP) is 6.01. The first-order chi connectivity index (χ1) is 17.3. The summed E-state index contributed by atoms with van der Waals surface area (Å²) < 4.78 is 5.47. The van der Waals surface area contributed by atoms with Crippen LogP contribution in [0.3, 0.4) is 0 Å². The smallest absolute Gasteiger partial charge is 0.408 e. The number of ether oxygens (including phenoxy) is 1. The minimum Gasteiger partial charge on any atom is -0.444 e. The Morgan fingerprint density at radius 3 is 2.24 bits per heavy atom. The maximum atomic E-state index is 14.3. The minimum atomic E-state index is -0.831. The maximum Gasteiger partial charge on any atom is 0.408 e. The Morgan fingerprint density at radius 1 is 1.05 bits per heavy atom. The van der Waals surface area contributed by atoms with Gasteiger partial charge in [-0.05, 0) is 83.9 Å². The standard InChI is InChI=1S/C29H49N3O4S/c1-10-12-15-19-30-25(33)24(22-17-14-13-16-21(22)3)32(29(7,8)11-2)26(34)23(18-20-37-9)31-27(35)36-28(4,5)6/h13-14,16-17,23-24H,10-12,15,18-20H2,1-9H3,(H,30,33)(H,31,35). The van der Waals surface area contributed by atoms with Gasteiger partial charge in [0.15, 0.2) is 0 Å². The number of aryl methyl sites for hydroxylation is 1. The number of unbranched alkanes of at least 4 members (excludes halogenated alkanes) is 2. The average molecular weight is 536 g/mol. The molecule has 8 heteroatoms. The topological polar surface area (TPSA) is 87.7 Å². The van der Waals surface area contributed by atoms with Crippen molar-refractivity contribution >= 4 is 29.7 Å². The van der Waals surface area contributed by atoms with Gasteiger partial charge in [0.2, 0.25) is 11.8 Å². The average Bonchev–Trinajstić information content (AvgIpc) is 2.81. The first-order valence-corrected chi connectivity index (χ1v) is 14.8. The molecule has 37 heavy (non-hydrogen) atoms. The second-order valence-corrected chi connectivity index (χ2v) is 12.1. The fourth-order valence-electron chi connectivity index (χ4n) is 4.03. The molecule has 210 valence electrons. The second kappa shape index (κ2) is 15.3. The van der Waals surface area contributed by atoms with E-state index in [4.69, 9.17) is 4.74 Å². The highest BCUT2D eigenvalue weighted by Gasteiger charge is 2.43. The first kappa shape index (κ1) is 32.8. The van der Waals surface area contributed by atoms with Crippen LogP contribution < -0.4 is 10.6 Å². The monoisotopic (exact) mass is 535 g/mol. The second-order valence-electron chi connectivity index (χ2n) is 11.1. The van der Waals surface area contributed by atoms with Crippen LogP contribution in [0.2, 0.25) is 0 Å². The summed E-state index contributed by atoms with van der Waals surface area (Å²) in [5.41, 5.74) is 0.368. The molecule has 0 heterocycles. The van der Waals surface area contributed by atoms with Gasteiger partial charge < -0.3 is 20.3 Å². The van der Waals surface area contributed by atoms with Crippen LogP contribution >= 0.6 is 11.8 Å². The molecular weight excluding hydrogens is 486 g/mol. The van der Waals surface area contributed by atoms with Crippen LogP contribution in [0.1, 0.15) is 97.7 Å². The summed E-state index contributed by atoms with van der Waals surface area (Å²) >= 11 is 1.60. The van der Waals surface area contributed by atoms with Gasteiger partial charge in [0.05, 0.1) is 0 Å². The third-order valence-electron chi connectivity index (χ3n) is 6.42. The van der Waals surface area contributed by atoms with Crippen LogP contribution in [-0.2, 0) is 14.3 Å². The number of benzene rings is 1. The van der Waals surface area contributed by atoms with E-state index in [0.29, 0.717) is 25.1 Å². The molecule has 1 aromatic rings. The molecule has 0 saturated carbocycles. The molecule has 0 fully saturated rings. The van der Waals surface area contributed by atoms with Crippen molar-refractivity contribution in [1.82, 2.24) is 15.5 Å². The van der Waals surface area contributed by atoms with E-state index in [1.165, 1.54) is 0 Å². The van der Waals surface area contributed by atoms with Crippen molar-refractivity contribution in [2.24, 2.45) is 0 Å². The Bertz CT molecular complexity index is 882. The quantitative estimate of drug-likeness (QED) is 0.285. The summed E-state index contributed by atoms with van der Waals surface area (Å²) in [6.45, 7) is 15.9. The van der Waals surface area contributed by atoms with E-state index in [0.717, 1.165) is 30.4 Å². The van der Waals surface area contributed by atoms with Gasteiger partial charge in [0, 0.05) is 12.1 Å². The largest absolute Gasteiger partial charge is 0.444 e. The number of alkyl carbamates (subject to hydrolysis) is 1.